The summed E-state index contributed by atoms with van der Waals surface area (Å²) in [5, 5.41) is 0. The molecule has 0 aliphatic rings. The van der Waals surface area contributed by atoms with E-state index in [4.69, 9.17) is 9.47 Å². The summed E-state index contributed by atoms with van der Waals surface area (Å²) in [5.74, 6) is -0.146. The minimum absolute atomic E-state index is 0.0677. The Labute approximate surface area is 149 Å². The molecule has 0 spiro atoms. The maximum absolute atomic E-state index is 14.3. The Hall–Kier alpha value is -2.75. The average molecular weight is 383 g/mol. The van der Waals surface area contributed by atoms with Crippen molar-refractivity contribution in [1.29, 1.82) is 0 Å². The number of H-pyrrole nitrogens is 1. The number of imidazole rings is 1. The van der Waals surface area contributed by atoms with Gasteiger partial charge in [-0.15, -0.1) is 0 Å². The summed E-state index contributed by atoms with van der Waals surface area (Å²) in [6.45, 7) is 0. The lowest BCUT2D eigenvalue weighted by Crippen LogP contribution is -2.32. The molecule has 1 N–H and O–H groups in total. The summed E-state index contributed by atoms with van der Waals surface area (Å²) in [6.07, 6.45) is 1.35. The zero-order valence-corrected chi connectivity index (χ0v) is 14.7. The molecule has 0 saturated carbocycles. The molecule has 7 nitrogen and oxygen atoms in total. The van der Waals surface area contributed by atoms with E-state index >= 15 is 0 Å². The number of benzene rings is 1. The van der Waals surface area contributed by atoms with Crippen molar-refractivity contribution < 1.29 is 27.2 Å². The summed E-state index contributed by atoms with van der Waals surface area (Å²) in [7, 11) is 0.00370. The van der Waals surface area contributed by atoms with Gasteiger partial charge in [0.25, 0.3) is 6.01 Å². The first-order chi connectivity index (χ1) is 12.4. The first-order valence-corrected chi connectivity index (χ1v) is 8.72. The molecule has 1 aromatic carbocycles. The molecule has 3 rings (SSSR count). The molecule has 26 heavy (non-hydrogen) atoms. The highest BCUT2D eigenvalue weighted by Crippen LogP contribution is 2.32. The summed E-state index contributed by atoms with van der Waals surface area (Å²) in [4.78, 5) is 10.4. The lowest BCUT2D eigenvalue weighted by molar-refractivity contribution is -0.0978. The Balaban J connectivity index is 1.80. The van der Waals surface area contributed by atoms with E-state index in [1.54, 1.807) is 24.3 Å². The zero-order valence-electron chi connectivity index (χ0n) is 13.9. The second kappa shape index (κ2) is 7.24. The van der Waals surface area contributed by atoms with E-state index < -0.39 is 28.0 Å². The largest absolute Gasteiger partial charge is 0.493 e. The van der Waals surface area contributed by atoms with Crippen LogP contribution in [0.5, 0.6) is 17.5 Å². The Bertz CT molecular complexity index is 915. The van der Waals surface area contributed by atoms with E-state index in [0.29, 0.717) is 16.8 Å². The van der Waals surface area contributed by atoms with Gasteiger partial charge in [-0.1, -0.05) is 12.1 Å². The fourth-order valence-corrected chi connectivity index (χ4v) is 3.09. The van der Waals surface area contributed by atoms with E-state index in [0.717, 1.165) is 0 Å². The van der Waals surface area contributed by atoms with Crippen molar-refractivity contribution in [2.24, 2.45) is 0 Å². The molecule has 2 aromatic heterocycles. The third kappa shape index (κ3) is 3.59. The molecule has 3 aromatic rings. The maximum Gasteiger partial charge on any atom is 0.485 e. The van der Waals surface area contributed by atoms with Crippen LogP contribution in [-0.4, -0.2) is 38.8 Å². The van der Waals surface area contributed by atoms with Crippen LogP contribution in [0.3, 0.4) is 0 Å². The summed E-state index contributed by atoms with van der Waals surface area (Å²) in [6, 6.07) is 7.82. The lowest BCUT2D eigenvalue weighted by Gasteiger charge is -2.16. The monoisotopic (exact) mass is 383 g/mol. The van der Waals surface area contributed by atoms with Gasteiger partial charge in [-0.25, -0.2) is 4.21 Å². The number of fused-ring (bicyclic) bond motifs is 1. The quantitative estimate of drug-likeness (QED) is 0.675. The molecule has 0 fully saturated rings. The van der Waals surface area contributed by atoms with Crippen molar-refractivity contribution in [3.8, 4) is 17.5 Å². The lowest BCUT2D eigenvalue weighted by atomic mass is 10.3. The normalized spacial score (nSPS) is 12.8. The molecule has 2 heterocycles. The number of aromatic amines is 1. The summed E-state index contributed by atoms with van der Waals surface area (Å²) in [5.41, 5.74) is -2.93. The molecule has 1 unspecified atom stereocenters. The smallest absolute Gasteiger partial charge is 0.485 e. The molecule has 10 heteroatoms. The van der Waals surface area contributed by atoms with Crippen molar-refractivity contribution >= 4 is 21.8 Å². The number of alkyl halides is 2. The SMILES string of the molecule is COc1ccnc(CS(=O)C(F)(F)Oc2nc3ccccc3[nH]2)c1OC. The number of rotatable bonds is 7. The predicted molar refractivity (Wildman–Crippen MR) is 90.9 cm³/mol. The highest BCUT2D eigenvalue weighted by molar-refractivity contribution is 7.85. The van der Waals surface area contributed by atoms with Crippen molar-refractivity contribution in [2.45, 2.75) is 11.2 Å². The second-order valence-electron chi connectivity index (χ2n) is 5.11. The van der Waals surface area contributed by atoms with Crippen LogP contribution in [0, 0.1) is 0 Å². The van der Waals surface area contributed by atoms with Gasteiger partial charge in [0.1, 0.15) is 10.8 Å². The Kier molecular flexibility index (Phi) is 5.03. The molecule has 0 amide bonds. The number of halogens is 2. The van der Waals surface area contributed by atoms with Crippen LogP contribution in [0.1, 0.15) is 5.69 Å². The van der Waals surface area contributed by atoms with Crippen LogP contribution in [0.4, 0.5) is 8.78 Å². The first-order valence-electron chi connectivity index (χ1n) is 7.40. The van der Waals surface area contributed by atoms with E-state index in [1.807, 2.05) is 0 Å². The number of aromatic nitrogens is 3. The number of pyridine rings is 1. The second-order valence-corrected chi connectivity index (χ2v) is 6.56. The van der Waals surface area contributed by atoms with Gasteiger partial charge in [0.2, 0.25) is 0 Å². The summed E-state index contributed by atoms with van der Waals surface area (Å²) >= 11 is 0. The molecule has 0 bridgehead atoms. The van der Waals surface area contributed by atoms with Crippen LogP contribution in [-0.2, 0) is 16.6 Å². The zero-order chi connectivity index (χ0) is 18.7. The van der Waals surface area contributed by atoms with Crippen LogP contribution in [0.25, 0.3) is 11.0 Å². The van der Waals surface area contributed by atoms with Crippen LogP contribution in [0.15, 0.2) is 36.5 Å². The Morgan fingerprint density at radius 1 is 1.19 bits per heavy atom. The van der Waals surface area contributed by atoms with E-state index in [2.05, 4.69) is 19.7 Å². The predicted octanol–water partition coefficient (Wildman–Crippen LogP) is 2.85. The Morgan fingerprint density at radius 2 is 1.96 bits per heavy atom. The van der Waals surface area contributed by atoms with Crippen LogP contribution in [0.2, 0.25) is 0 Å². The van der Waals surface area contributed by atoms with Gasteiger partial charge < -0.3 is 19.2 Å². The number of methoxy groups -OCH3 is 2. The van der Waals surface area contributed by atoms with Gasteiger partial charge in [0, 0.05) is 12.3 Å². The highest BCUT2D eigenvalue weighted by Gasteiger charge is 2.42. The standard InChI is InChI=1S/C16H15F2N3O4S/c1-23-13-7-8-19-12(14(13)24-2)9-26(22)16(17,18)25-15-20-10-5-3-4-6-11(10)21-15/h3-8H,9H2,1-2H3,(H,20,21). The molecule has 1 atom stereocenters. The minimum atomic E-state index is -3.98. The first kappa shape index (κ1) is 18.1. The number of nitrogens with one attached hydrogen (secondary N) is 1. The third-order valence-corrected chi connectivity index (χ3v) is 4.63. The highest BCUT2D eigenvalue weighted by atomic mass is 32.2. The van der Waals surface area contributed by atoms with Gasteiger partial charge >= 0.3 is 5.44 Å². The van der Waals surface area contributed by atoms with E-state index in [-0.39, 0.29) is 11.4 Å². The number of nitrogens with zero attached hydrogens (tertiary/aromatic N) is 2. The van der Waals surface area contributed by atoms with E-state index in [9.17, 15) is 13.0 Å². The molecule has 0 aliphatic carbocycles. The number of ether oxygens (including phenoxy) is 3. The molecule has 0 saturated heterocycles. The van der Waals surface area contributed by atoms with Crippen molar-refractivity contribution in [1.82, 2.24) is 15.0 Å². The minimum Gasteiger partial charge on any atom is -0.493 e. The van der Waals surface area contributed by atoms with Crippen LogP contribution >= 0.6 is 0 Å². The van der Waals surface area contributed by atoms with E-state index in [1.165, 1.54) is 26.5 Å². The molecule has 138 valence electrons. The fraction of sp³-hybridized carbons (Fsp3) is 0.250. The Morgan fingerprint density at radius 3 is 2.65 bits per heavy atom. The van der Waals surface area contributed by atoms with Gasteiger partial charge in [0.15, 0.2) is 11.5 Å². The third-order valence-electron chi connectivity index (χ3n) is 3.48. The molecule has 0 aliphatic heterocycles. The van der Waals surface area contributed by atoms with Gasteiger partial charge in [-0.2, -0.15) is 13.8 Å². The molecule has 0 radical (unpaired) electrons. The topological polar surface area (TPSA) is 86.3 Å². The van der Waals surface area contributed by atoms with Gasteiger partial charge in [0.05, 0.1) is 36.7 Å². The molecular weight excluding hydrogens is 368 g/mol. The maximum atomic E-state index is 14.3. The van der Waals surface area contributed by atoms with Crippen LogP contribution < -0.4 is 14.2 Å². The number of para-hydroxylation sites is 2. The molecular formula is C16H15F2N3O4S. The van der Waals surface area contributed by atoms with Gasteiger partial charge in [-0.3, -0.25) is 4.98 Å². The number of hydrogen-bond acceptors (Lipinski definition) is 6. The fourth-order valence-electron chi connectivity index (χ4n) is 2.30. The van der Waals surface area contributed by atoms with Crippen molar-refractivity contribution in [3.63, 3.8) is 0 Å². The van der Waals surface area contributed by atoms with Crippen molar-refractivity contribution in [3.05, 3.63) is 42.2 Å². The number of hydrogen-bond donors (Lipinski definition) is 1. The summed E-state index contributed by atoms with van der Waals surface area (Å²) < 4.78 is 55.4. The van der Waals surface area contributed by atoms with Gasteiger partial charge in [-0.05, 0) is 12.1 Å². The van der Waals surface area contributed by atoms with Crippen molar-refractivity contribution in [2.75, 3.05) is 14.2 Å². The average Bonchev–Trinajstić information content (AvgIpc) is 3.02.